The van der Waals surface area contributed by atoms with E-state index in [1.165, 1.54) is 0 Å². The van der Waals surface area contributed by atoms with Crippen LogP contribution in [0, 0.1) is 11.8 Å². The van der Waals surface area contributed by atoms with Crippen LogP contribution in [0.25, 0.3) is 0 Å². The van der Waals surface area contributed by atoms with E-state index in [1.54, 1.807) is 0 Å². The molecule has 0 aromatic heterocycles. The predicted octanol–water partition coefficient (Wildman–Crippen LogP) is 2.36. The zero-order valence-corrected chi connectivity index (χ0v) is 14.1. The van der Waals surface area contributed by atoms with Crippen LogP contribution >= 0.6 is 12.4 Å². The number of carbonyl (C=O) groups excluding carboxylic acids is 1. The van der Waals surface area contributed by atoms with Crippen molar-refractivity contribution in [3.63, 3.8) is 0 Å². The molecule has 1 aromatic carbocycles. The minimum absolute atomic E-state index is 0. The van der Waals surface area contributed by atoms with Crippen molar-refractivity contribution >= 4 is 18.3 Å². The lowest BCUT2D eigenvalue weighted by Crippen LogP contribution is -2.49. The molecule has 4 nitrogen and oxygen atoms in total. The van der Waals surface area contributed by atoms with Gasteiger partial charge in [-0.05, 0) is 30.2 Å². The van der Waals surface area contributed by atoms with Gasteiger partial charge in [0.1, 0.15) is 0 Å². The third-order valence-electron chi connectivity index (χ3n) is 4.44. The second-order valence-electron chi connectivity index (χ2n) is 6.29. The molecular weight excluding hydrogens is 300 g/mol. The number of aliphatic hydroxyl groups is 1. The third kappa shape index (κ3) is 4.45. The van der Waals surface area contributed by atoms with Crippen LogP contribution < -0.4 is 5.73 Å². The Kier molecular flexibility index (Phi) is 7.33. The fourth-order valence-electron chi connectivity index (χ4n) is 2.85. The Morgan fingerprint density at radius 3 is 2.27 bits per heavy atom. The molecule has 1 aromatic rings. The first-order valence-electron chi connectivity index (χ1n) is 7.78. The molecular formula is C17H27ClN2O2. The highest BCUT2D eigenvalue weighted by atomic mass is 35.5. The second-order valence-corrected chi connectivity index (χ2v) is 6.29. The van der Waals surface area contributed by atoms with E-state index in [9.17, 15) is 9.90 Å². The van der Waals surface area contributed by atoms with Crippen molar-refractivity contribution in [3.8, 4) is 0 Å². The van der Waals surface area contributed by atoms with Gasteiger partial charge in [0, 0.05) is 13.1 Å². The molecule has 0 aliphatic carbocycles. The van der Waals surface area contributed by atoms with Crippen molar-refractivity contribution in [2.24, 2.45) is 17.6 Å². The maximum Gasteiger partial charge on any atom is 0.239 e. The summed E-state index contributed by atoms with van der Waals surface area (Å²) in [6.07, 6.45) is 1.21. The van der Waals surface area contributed by atoms with Gasteiger partial charge in [0.2, 0.25) is 5.91 Å². The SMILES string of the molecule is CC(C)C(N)C(=O)N1CCC(C(O)c2ccccc2)CC1.Cl. The van der Waals surface area contributed by atoms with Crippen molar-refractivity contribution in [1.29, 1.82) is 0 Å². The summed E-state index contributed by atoms with van der Waals surface area (Å²) < 4.78 is 0. The molecule has 2 atom stereocenters. The number of nitrogens with two attached hydrogens (primary N) is 1. The second kappa shape index (κ2) is 8.51. The number of aliphatic hydroxyl groups excluding tert-OH is 1. The Balaban J connectivity index is 0.00000242. The number of piperidine rings is 1. The Morgan fingerprint density at radius 2 is 1.77 bits per heavy atom. The highest BCUT2D eigenvalue weighted by Gasteiger charge is 2.30. The number of hydrogen-bond acceptors (Lipinski definition) is 3. The Morgan fingerprint density at radius 1 is 1.23 bits per heavy atom. The smallest absolute Gasteiger partial charge is 0.239 e. The van der Waals surface area contributed by atoms with Crippen LogP contribution in [0.15, 0.2) is 30.3 Å². The number of benzene rings is 1. The third-order valence-corrected chi connectivity index (χ3v) is 4.44. The van der Waals surface area contributed by atoms with Crippen molar-refractivity contribution < 1.29 is 9.90 Å². The summed E-state index contributed by atoms with van der Waals surface area (Å²) in [5, 5.41) is 10.4. The molecule has 0 bridgehead atoms. The molecule has 1 heterocycles. The van der Waals surface area contributed by atoms with Gasteiger partial charge < -0.3 is 15.7 Å². The summed E-state index contributed by atoms with van der Waals surface area (Å²) in [6, 6.07) is 9.33. The fraction of sp³-hybridized carbons (Fsp3) is 0.588. The van der Waals surface area contributed by atoms with Crippen LogP contribution in [0.2, 0.25) is 0 Å². The summed E-state index contributed by atoms with van der Waals surface area (Å²) in [5.41, 5.74) is 6.90. The first-order chi connectivity index (χ1) is 10.0. The number of rotatable bonds is 4. The highest BCUT2D eigenvalue weighted by Crippen LogP contribution is 2.30. The number of hydrogen-bond donors (Lipinski definition) is 2. The van der Waals surface area contributed by atoms with Crippen molar-refractivity contribution in [2.45, 2.75) is 38.8 Å². The molecule has 22 heavy (non-hydrogen) atoms. The number of likely N-dealkylation sites (tertiary alicyclic amines) is 1. The first kappa shape index (κ1) is 18.9. The van der Waals surface area contributed by atoms with E-state index in [4.69, 9.17) is 5.73 Å². The summed E-state index contributed by atoms with van der Waals surface area (Å²) in [6.45, 7) is 5.31. The van der Waals surface area contributed by atoms with Gasteiger partial charge in [0.15, 0.2) is 0 Å². The van der Waals surface area contributed by atoms with Crippen LogP contribution in [-0.2, 0) is 4.79 Å². The lowest BCUT2D eigenvalue weighted by Gasteiger charge is -2.36. The quantitative estimate of drug-likeness (QED) is 0.892. The number of halogens is 1. The molecule has 5 heteroatoms. The normalized spacial score (nSPS) is 18.7. The van der Waals surface area contributed by atoms with E-state index in [2.05, 4.69) is 0 Å². The average molecular weight is 327 g/mol. The van der Waals surface area contributed by atoms with Gasteiger partial charge in [-0.1, -0.05) is 44.2 Å². The molecule has 1 saturated heterocycles. The number of amides is 1. The van der Waals surface area contributed by atoms with E-state index in [-0.39, 0.29) is 30.2 Å². The van der Waals surface area contributed by atoms with Gasteiger partial charge in [-0.15, -0.1) is 12.4 Å². The first-order valence-corrected chi connectivity index (χ1v) is 7.78. The summed E-state index contributed by atoms with van der Waals surface area (Å²) >= 11 is 0. The highest BCUT2D eigenvalue weighted by molar-refractivity contribution is 5.85. The van der Waals surface area contributed by atoms with E-state index in [0.29, 0.717) is 13.1 Å². The molecule has 1 aliphatic heterocycles. The van der Waals surface area contributed by atoms with Gasteiger partial charge in [0.05, 0.1) is 12.1 Å². The van der Waals surface area contributed by atoms with Crippen LogP contribution in [-0.4, -0.2) is 35.0 Å². The van der Waals surface area contributed by atoms with E-state index in [0.717, 1.165) is 18.4 Å². The largest absolute Gasteiger partial charge is 0.388 e. The average Bonchev–Trinajstić information content (AvgIpc) is 2.53. The van der Waals surface area contributed by atoms with Crippen molar-refractivity contribution in [3.05, 3.63) is 35.9 Å². The molecule has 124 valence electrons. The molecule has 2 rings (SSSR count). The topological polar surface area (TPSA) is 66.6 Å². The summed E-state index contributed by atoms with van der Waals surface area (Å²) in [7, 11) is 0. The zero-order valence-electron chi connectivity index (χ0n) is 13.3. The fourth-order valence-corrected chi connectivity index (χ4v) is 2.85. The lowest BCUT2D eigenvalue weighted by atomic mass is 9.87. The van der Waals surface area contributed by atoms with Crippen LogP contribution in [0.3, 0.4) is 0 Å². The molecule has 3 N–H and O–H groups in total. The van der Waals surface area contributed by atoms with Crippen molar-refractivity contribution in [2.75, 3.05) is 13.1 Å². The summed E-state index contributed by atoms with van der Waals surface area (Å²) in [4.78, 5) is 14.1. The molecule has 1 aliphatic rings. The number of nitrogens with zero attached hydrogens (tertiary/aromatic N) is 1. The van der Waals surface area contributed by atoms with Crippen LogP contribution in [0.4, 0.5) is 0 Å². The van der Waals surface area contributed by atoms with Crippen molar-refractivity contribution in [1.82, 2.24) is 4.90 Å². The Labute approximate surface area is 139 Å². The van der Waals surface area contributed by atoms with Gasteiger partial charge >= 0.3 is 0 Å². The lowest BCUT2D eigenvalue weighted by molar-refractivity contribution is -0.135. The van der Waals surface area contributed by atoms with E-state index in [1.807, 2.05) is 49.1 Å². The minimum atomic E-state index is -0.442. The summed E-state index contributed by atoms with van der Waals surface area (Å²) in [5.74, 6) is 0.412. The Bertz CT molecular complexity index is 459. The molecule has 2 unspecified atom stereocenters. The van der Waals surface area contributed by atoms with E-state index < -0.39 is 12.1 Å². The molecule has 0 saturated carbocycles. The van der Waals surface area contributed by atoms with Gasteiger partial charge in [-0.25, -0.2) is 0 Å². The minimum Gasteiger partial charge on any atom is -0.388 e. The molecule has 1 amide bonds. The standard InChI is InChI=1S/C17H26N2O2.ClH/c1-12(2)15(18)17(21)19-10-8-14(9-11-19)16(20)13-6-4-3-5-7-13;/h3-7,12,14-16,20H,8-11,18H2,1-2H3;1H. The van der Waals surface area contributed by atoms with Gasteiger partial charge in [0.25, 0.3) is 0 Å². The molecule has 0 spiro atoms. The maximum absolute atomic E-state index is 12.2. The molecule has 1 fully saturated rings. The van der Waals surface area contributed by atoms with Crippen LogP contribution in [0.5, 0.6) is 0 Å². The van der Waals surface area contributed by atoms with Crippen LogP contribution in [0.1, 0.15) is 38.4 Å². The van der Waals surface area contributed by atoms with Gasteiger partial charge in [-0.3, -0.25) is 4.79 Å². The van der Waals surface area contributed by atoms with E-state index >= 15 is 0 Å². The Hall–Kier alpha value is -1.10. The molecule has 0 radical (unpaired) electrons. The predicted molar refractivity (Wildman–Crippen MR) is 90.8 cm³/mol. The zero-order chi connectivity index (χ0) is 15.4. The maximum atomic E-state index is 12.2. The number of carbonyl (C=O) groups is 1. The van der Waals surface area contributed by atoms with Gasteiger partial charge in [-0.2, -0.15) is 0 Å². The monoisotopic (exact) mass is 326 g/mol.